The van der Waals surface area contributed by atoms with Crippen LogP contribution in [0.1, 0.15) is 60.8 Å². The maximum Gasteiger partial charge on any atom is 0.194 e. The normalized spacial score (nSPS) is 15.9. The monoisotopic (exact) mass is 280 g/mol. The second kappa shape index (κ2) is 8.61. The number of rotatable bonds is 9. The summed E-state index contributed by atoms with van der Waals surface area (Å²) >= 11 is 0. The van der Waals surface area contributed by atoms with Gasteiger partial charge < -0.3 is 4.43 Å². The van der Waals surface area contributed by atoms with Crippen LogP contribution in [0.15, 0.2) is 11.6 Å². The van der Waals surface area contributed by atoms with Crippen molar-refractivity contribution >= 4 is 8.32 Å². The van der Waals surface area contributed by atoms with E-state index >= 15 is 0 Å². The van der Waals surface area contributed by atoms with Gasteiger partial charge in [-0.15, -0.1) is 6.42 Å². The Balaban J connectivity index is 4.74. The van der Waals surface area contributed by atoms with E-state index in [1.807, 2.05) is 0 Å². The van der Waals surface area contributed by atoms with Crippen LogP contribution in [0.25, 0.3) is 0 Å². The maximum absolute atomic E-state index is 6.51. The van der Waals surface area contributed by atoms with Gasteiger partial charge in [0.2, 0.25) is 0 Å². The van der Waals surface area contributed by atoms with Crippen molar-refractivity contribution in [3.8, 4) is 12.3 Å². The molecule has 0 N–H and O–H groups in total. The van der Waals surface area contributed by atoms with Gasteiger partial charge in [0.25, 0.3) is 0 Å². The molecule has 0 aliphatic rings. The summed E-state index contributed by atoms with van der Waals surface area (Å²) in [5.41, 5.74) is 1.04. The Morgan fingerprint density at radius 3 is 2.11 bits per heavy atom. The summed E-state index contributed by atoms with van der Waals surface area (Å²) < 4.78 is 6.51. The Morgan fingerprint density at radius 1 is 1.21 bits per heavy atom. The van der Waals surface area contributed by atoms with Crippen LogP contribution in [-0.4, -0.2) is 13.9 Å². The minimum atomic E-state index is -1.62. The average Bonchev–Trinajstić information content (AvgIpc) is 2.44. The zero-order valence-corrected chi connectivity index (χ0v) is 14.8. The lowest BCUT2D eigenvalue weighted by Gasteiger charge is -2.37. The number of allylic oxidation sites excluding steroid dienone is 2. The van der Waals surface area contributed by atoms with E-state index in [2.05, 4.69) is 53.5 Å². The molecule has 0 saturated carbocycles. The molecule has 0 spiro atoms. The van der Waals surface area contributed by atoms with Crippen LogP contribution in [-0.2, 0) is 4.43 Å². The molecule has 0 aliphatic carbocycles. The fourth-order valence-corrected chi connectivity index (χ4v) is 5.39. The molecular weight excluding hydrogens is 248 g/mol. The summed E-state index contributed by atoms with van der Waals surface area (Å²) in [6, 6.07) is 3.46. The highest BCUT2D eigenvalue weighted by Crippen LogP contribution is 2.30. The van der Waals surface area contributed by atoms with Crippen molar-refractivity contribution in [3.05, 3.63) is 11.6 Å². The fourth-order valence-electron chi connectivity index (χ4n) is 2.34. The number of hydrogen-bond acceptors (Lipinski definition) is 1. The van der Waals surface area contributed by atoms with Crippen molar-refractivity contribution in [2.24, 2.45) is 0 Å². The summed E-state index contributed by atoms with van der Waals surface area (Å²) in [7, 11) is -1.62. The third kappa shape index (κ3) is 5.97. The van der Waals surface area contributed by atoms with E-state index < -0.39 is 13.9 Å². The molecule has 1 nitrogen and oxygen atoms in total. The molecule has 0 aliphatic heterocycles. The van der Waals surface area contributed by atoms with Crippen LogP contribution < -0.4 is 0 Å². The number of hydrogen-bond donors (Lipinski definition) is 0. The Hall–Kier alpha value is -0.523. The zero-order valence-electron chi connectivity index (χ0n) is 13.8. The molecule has 0 aromatic heterocycles. The van der Waals surface area contributed by atoms with Crippen molar-refractivity contribution < 1.29 is 4.43 Å². The molecule has 0 fully saturated rings. The van der Waals surface area contributed by atoms with Crippen molar-refractivity contribution in [3.63, 3.8) is 0 Å². The molecule has 110 valence electrons. The van der Waals surface area contributed by atoms with Crippen LogP contribution in [0.2, 0.25) is 18.1 Å². The van der Waals surface area contributed by atoms with Gasteiger partial charge in [0.05, 0.1) is 0 Å². The first-order chi connectivity index (χ1) is 8.90. The third-order valence-electron chi connectivity index (χ3n) is 4.35. The van der Waals surface area contributed by atoms with Gasteiger partial charge in [-0.05, 0) is 51.2 Å². The van der Waals surface area contributed by atoms with Crippen LogP contribution >= 0.6 is 0 Å². The van der Waals surface area contributed by atoms with Crippen LogP contribution in [0.4, 0.5) is 0 Å². The van der Waals surface area contributed by atoms with Crippen LogP contribution in [0.3, 0.4) is 0 Å². The Labute approximate surface area is 122 Å². The summed E-state index contributed by atoms with van der Waals surface area (Å²) in [5, 5.41) is 0. The largest absolute Gasteiger partial charge is 0.401 e. The molecule has 0 bridgehead atoms. The van der Waals surface area contributed by atoms with E-state index in [-0.39, 0.29) is 0 Å². The van der Waals surface area contributed by atoms with Gasteiger partial charge >= 0.3 is 0 Å². The molecule has 0 aromatic rings. The smallest absolute Gasteiger partial charge is 0.194 e. The van der Waals surface area contributed by atoms with E-state index in [4.69, 9.17) is 10.8 Å². The molecule has 0 saturated heterocycles. The Kier molecular flexibility index (Phi) is 8.37. The van der Waals surface area contributed by atoms with E-state index in [1.54, 1.807) is 0 Å². The first-order valence-electron chi connectivity index (χ1n) is 7.74. The molecule has 0 unspecified atom stereocenters. The van der Waals surface area contributed by atoms with E-state index in [1.165, 1.54) is 5.57 Å². The maximum atomic E-state index is 6.51. The quantitative estimate of drug-likeness (QED) is 0.306. The molecule has 0 aromatic carbocycles. The van der Waals surface area contributed by atoms with Gasteiger partial charge in [-0.2, -0.15) is 0 Å². The molecule has 0 amide bonds. The van der Waals surface area contributed by atoms with Gasteiger partial charge in [-0.25, -0.2) is 0 Å². The number of terminal acetylenes is 1. The second-order valence-electron chi connectivity index (χ2n) is 5.66. The predicted octanol–water partition coefficient (Wildman–Crippen LogP) is 5.54. The minimum absolute atomic E-state index is 0.390. The van der Waals surface area contributed by atoms with Crippen molar-refractivity contribution in [2.45, 2.75) is 84.5 Å². The van der Waals surface area contributed by atoms with Crippen molar-refractivity contribution in [2.75, 3.05) is 0 Å². The van der Waals surface area contributed by atoms with Gasteiger partial charge in [-0.1, -0.05) is 45.3 Å². The minimum Gasteiger partial charge on any atom is -0.401 e. The average molecular weight is 281 g/mol. The lowest BCUT2D eigenvalue weighted by molar-refractivity contribution is 0.127. The first-order valence-corrected chi connectivity index (χ1v) is 10.3. The Morgan fingerprint density at radius 2 is 1.74 bits per heavy atom. The SMILES string of the molecule is C#C[C@](C)(CC/C=C(\C)CC)O[Si](CC)(CC)CC. The van der Waals surface area contributed by atoms with E-state index in [0.717, 1.165) is 37.4 Å². The van der Waals surface area contributed by atoms with E-state index in [0.29, 0.717) is 0 Å². The van der Waals surface area contributed by atoms with E-state index in [9.17, 15) is 0 Å². The highest BCUT2D eigenvalue weighted by molar-refractivity contribution is 6.73. The van der Waals surface area contributed by atoms with Gasteiger partial charge in [-0.3, -0.25) is 0 Å². The van der Waals surface area contributed by atoms with Gasteiger partial charge in [0, 0.05) is 0 Å². The van der Waals surface area contributed by atoms with Crippen LogP contribution in [0, 0.1) is 12.3 Å². The van der Waals surface area contributed by atoms with Gasteiger partial charge in [0.15, 0.2) is 8.32 Å². The van der Waals surface area contributed by atoms with Crippen molar-refractivity contribution in [1.29, 1.82) is 0 Å². The molecule has 0 rings (SSSR count). The molecule has 19 heavy (non-hydrogen) atoms. The van der Waals surface area contributed by atoms with Gasteiger partial charge in [0.1, 0.15) is 5.60 Å². The molecule has 0 radical (unpaired) electrons. The third-order valence-corrected chi connectivity index (χ3v) is 9.10. The lowest BCUT2D eigenvalue weighted by atomic mass is 10.0. The predicted molar refractivity (Wildman–Crippen MR) is 88.8 cm³/mol. The van der Waals surface area contributed by atoms with Crippen molar-refractivity contribution in [1.82, 2.24) is 0 Å². The molecule has 2 heteroatoms. The fraction of sp³-hybridized carbons (Fsp3) is 0.765. The zero-order chi connectivity index (χ0) is 14.9. The summed E-state index contributed by atoms with van der Waals surface area (Å²) in [6.07, 6.45) is 11.1. The highest BCUT2D eigenvalue weighted by Gasteiger charge is 2.36. The topological polar surface area (TPSA) is 9.23 Å². The standard InChI is InChI=1S/C17H32OSi/c1-8-16(6)14-13-15-17(7,9-2)18-19(10-3,11-4)12-5/h2,14H,8,10-13,15H2,1,3-7H3/b16-14+/t17-/m1/s1. The molecule has 0 heterocycles. The summed E-state index contributed by atoms with van der Waals surface area (Å²) in [5.74, 6) is 2.91. The Bertz CT molecular complexity index is 314. The summed E-state index contributed by atoms with van der Waals surface area (Å²) in [4.78, 5) is 0. The molecular formula is C17H32OSi. The highest BCUT2D eigenvalue weighted by atomic mass is 28.4. The molecule has 1 atom stereocenters. The van der Waals surface area contributed by atoms with Crippen LogP contribution in [0.5, 0.6) is 0 Å². The lowest BCUT2D eigenvalue weighted by Crippen LogP contribution is -2.45. The summed E-state index contributed by atoms with van der Waals surface area (Å²) in [6.45, 7) is 13.2. The second-order valence-corrected chi connectivity index (χ2v) is 10.4. The first kappa shape index (κ1) is 18.5.